The molecule has 36 heavy (non-hydrogen) atoms. The third kappa shape index (κ3) is 6.33. The predicted molar refractivity (Wildman–Crippen MR) is 137 cm³/mol. The number of carbonyl (C=O) groups is 2. The molecule has 6 atom stereocenters. The lowest BCUT2D eigenvalue weighted by molar-refractivity contribution is -0.173. The fraction of sp³-hybridized carbons (Fsp3) is 0.862. The number of epoxide rings is 2. The van der Waals surface area contributed by atoms with Crippen LogP contribution in [0.4, 0.5) is 0 Å². The van der Waals surface area contributed by atoms with Crippen LogP contribution in [-0.4, -0.2) is 61.1 Å². The van der Waals surface area contributed by atoms with Crippen LogP contribution in [0, 0.1) is 11.8 Å². The summed E-state index contributed by atoms with van der Waals surface area (Å²) in [5.74, 6) is 0.388. The van der Waals surface area contributed by atoms with Crippen LogP contribution in [0.5, 0.6) is 0 Å². The van der Waals surface area contributed by atoms with Gasteiger partial charge in [0, 0.05) is 26.0 Å². The molecule has 7 heteroatoms. The molecule has 7 nitrogen and oxygen atoms in total. The van der Waals surface area contributed by atoms with Crippen molar-refractivity contribution >= 4 is 11.9 Å². The molecule has 1 N–H and O–H groups in total. The Bertz CT molecular complexity index is 811. The zero-order valence-corrected chi connectivity index (χ0v) is 23.0. The Labute approximate surface area is 217 Å². The zero-order chi connectivity index (χ0) is 25.9. The Balaban J connectivity index is 1.28. The van der Waals surface area contributed by atoms with E-state index in [9.17, 15) is 9.59 Å². The van der Waals surface area contributed by atoms with Gasteiger partial charge in [-0.05, 0) is 78.1 Å². The van der Waals surface area contributed by atoms with Gasteiger partial charge < -0.3 is 24.3 Å². The molecule has 2 heterocycles. The van der Waals surface area contributed by atoms with Crippen LogP contribution >= 0.6 is 0 Å². The molecule has 0 radical (unpaired) electrons. The fourth-order valence-electron chi connectivity index (χ4n) is 6.67. The smallest absolute Gasteiger partial charge is 0.306 e. The number of hydrogen-bond acceptors (Lipinski definition) is 6. The number of carbonyl (C=O) groups excluding carboxylic acids is 2. The van der Waals surface area contributed by atoms with Crippen LogP contribution in [0.1, 0.15) is 98.3 Å². The lowest BCUT2D eigenvalue weighted by Gasteiger charge is -2.42. The minimum absolute atomic E-state index is 0.0453. The first-order valence-electron chi connectivity index (χ1n) is 14.2. The molecule has 0 bridgehead atoms. The summed E-state index contributed by atoms with van der Waals surface area (Å²) < 4.78 is 24.4. The molecule has 0 aromatic carbocycles. The number of methoxy groups -OCH3 is 1. The molecule has 2 aliphatic heterocycles. The van der Waals surface area contributed by atoms with Gasteiger partial charge in [0.05, 0.1) is 18.6 Å². The molecule has 4 fully saturated rings. The Hall–Kier alpha value is -1.44. The van der Waals surface area contributed by atoms with Crippen LogP contribution in [0.25, 0.3) is 0 Å². The minimum Gasteiger partial charge on any atom is -0.460 e. The van der Waals surface area contributed by atoms with E-state index in [1.165, 1.54) is 5.57 Å². The van der Waals surface area contributed by atoms with Gasteiger partial charge in [0.25, 0.3) is 0 Å². The highest BCUT2D eigenvalue weighted by atomic mass is 16.6. The Morgan fingerprint density at radius 2 is 1.86 bits per heavy atom. The molecule has 1 spiro atoms. The number of esters is 1. The third-order valence-electron chi connectivity index (χ3n) is 8.94. The lowest BCUT2D eigenvalue weighted by atomic mass is 9.68. The van der Waals surface area contributed by atoms with Crippen LogP contribution < -0.4 is 5.32 Å². The SMILES string of the molecule is CCCCC(=O)NC1CCC(CC(=O)OC2CC[C@]3(CO3)C([C@@]3(C)O[C@@H]3CC=C(C)C)C2OC)CC1. The van der Waals surface area contributed by atoms with E-state index in [1.807, 2.05) is 0 Å². The van der Waals surface area contributed by atoms with Crippen molar-refractivity contribution in [2.45, 2.75) is 134 Å². The first-order chi connectivity index (χ1) is 17.2. The van der Waals surface area contributed by atoms with Crippen molar-refractivity contribution in [1.29, 1.82) is 0 Å². The highest BCUT2D eigenvalue weighted by Gasteiger charge is 2.72. The number of hydrogen-bond donors (Lipinski definition) is 1. The van der Waals surface area contributed by atoms with Gasteiger partial charge in [-0.1, -0.05) is 25.0 Å². The second-order valence-corrected chi connectivity index (χ2v) is 12.0. The first kappa shape index (κ1) is 27.6. The van der Waals surface area contributed by atoms with Crippen molar-refractivity contribution in [3.05, 3.63) is 11.6 Å². The van der Waals surface area contributed by atoms with Crippen molar-refractivity contribution in [3.8, 4) is 0 Å². The first-order valence-corrected chi connectivity index (χ1v) is 14.2. The van der Waals surface area contributed by atoms with E-state index in [0.717, 1.165) is 64.4 Å². The van der Waals surface area contributed by atoms with Gasteiger partial charge in [-0.15, -0.1) is 0 Å². The van der Waals surface area contributed by atoms with Gasteiger partial charge >= 0.3 is 5.97 Å². The van der Waals surface area contributed by atoms with Crippen LogP contribution in [0.3, 0.4) is 0 Å². The van der Waals surface area contributed by atoms with Crippen LogP contribution in [0.15, 0.2) is 11.6 Å². The predicted octanol–water partition coefficient (Wildman–Crippen LogP) is 4.86. The average Bonchev–Trinajstić information content (AvgIpc) is 3.75. The molecule has 0 aromatic heterocycles. The molecule has 1 amide bonds. The Morgan fingerprint density at radius 3 is 2.47 bits per heavy atom. The maximum Gasteiger partial charge on any atom is 0.306 e. The Morgan fingerprint density at radius 1 is 1.14 bits per heavy atom. The van der Waals surface area contributed by atoms with Crippen molar-refractivity contribution in [3.63, 3.8) is 0 Å². The van der Waals surface area contributed by atoms with Gasteiger partial charge in [-0.2, -0.15) is 0 Å². The number of unbranched alkanes of at least 4 members (excludes halogenated alkanes) is 1. The van der Waals surface area contributed by atoms with Gasteiger partial charge in [-0.3, -0.25) is 9.59 Å². The Kier molecular flexibility index (Phi) is 8.83. The fourth-order valence-corrected chi connectivity index (χ4v) is 6.67. The van der Waals surface area contributed by atoms with Gasteiger partial charge in [0.15, 0.2) is 0 Å². The van der Waals surface area contributed by atoms with E-state index >= 15 is 0 Å². The summed E-state index contributed by atoms with van der Waals surface area (Å²) in [4.78, 5) is 25.0. The van der Waals surface area contributed by atoms with Gasteiger partial charge in [0.1, 0.15) is 23.4 Å². The maximum absolute atomic E-state index is 13.0. The summed E-state index contributed by atoms with van der Waals surface area (Å²) in [6, 6.07) is 0.243. The van der Waals surface area contributed by atoms with E-state index in [1.54, 1.807) is 7.11 Å². The minimum atomic E-state index is -0.325. The maximum atomic E-state index is 13.0. The molecular formula is C29H47NO6. The molecule has 204 valence electrons. The lowest BCUT2D eigenvalue weighted by Crippen LogP contribution is -2.55. The number of amides is 1. The van der Waals surface area contributed by atoms with Gasteiger partial charge in [-0.25, -0.2) is 0 Å². The number of allylic oxidation sites excluding steroid dienone is 1. The molecule has 2 saturated carbocycles. The molecule has 2 saturated heterocycles. The summed E-state index contributed by atoms with van der Waals surface area (Å²) in [5.41, 5.74) is 0.753. The van der Waals surface area contributed by atoms with E-state index in [2.05, 4.69) is 39.1 Å². The summed E-state index contributed by atoms with van der Waals surface area (Å²) >= 11 is 0. The summed E-state index contributed by atoms with van der Waals surface area (Å²) in [6.07, 6.45) is 11.1. The largest absolute Gasteiger partial charge is 0.460 e. The number of ether oxygens (including phenoxy) is 4. The van der Waals surface area contributed by atoms with Crippen LogP contribution in [-0.2, 0) is 28.5 Å². The average molecular weight is 506 g/mol. The summed E-state index contributed by atoms with van der Waals surface area (Å²) in [6.45, 7) is 9.20. The van der Waals surface area contributed by atoms with E-state index in [0.29, 0.717) is 18.8 Å². The summed E-state index contributed by atoms with van der Waals surface area (Å²) in [5, 5.41) is 3.16. The van der Waals surface area contributed by atoms with Crippen LogP contribution in [0.2, 0.25) is 0 Å². The normalized spacial score (nSPS) is 39.4. The highest BCUT2D eigenvalue weighted by Crippen LogP contribution is 2.59. The van der Waals surface area contributed by atoms with Crippen molar-refractivity contribution in [2.75, 3.05) is 13.7 Å². The van der Waals surface area contributed by atoms with E-state index in [-0.39, 0.29) is 53.4 Å². The monoisotopic (exact) mass is 505 g/mol. The molecule has 0 aromatic rings. The molecule has 2 aliphatic carbocycles. The van der Waals surface area contributed by atoms with Crippen molar-refractivity contribution < 1.29 is 28.5 Å². The third-order valence-corrected chi connectivity index (χ3v) is 8.94. The van der Waals surface area contributed by atoms with Crippen molar-refractivity contribution in [1.82, 2.24) is 5.32 Å². The second kappa shape index (κ2) is 11.5. The number of rotatable bonds is 11. The van der Waals surface area contributed by atoms with E-state index < -0.39 is 0 Å². The summed E-state index contributed by atoms with van der Waals surface area (Å²) in [7, 11) is 1.72. The van der Waals surface area contributed by atoms with E-state index in [4.69, 9.17) is 18.9 Å². The topological polar surface area (TPSA) is 89.7 Å². The zero-order valence-electron chi connectivity index (χ0n) is 23.0. The van der Waals surface area contributed by atoms with Gasteiger partial charge in [0.2, 0.25) is 5.91 Å². The standard InChI is InChI=1S/C29H47NO6/c1-6-7-8-24(31)30-21-12-10-20(11-13-21)17-25(32)35-22-15-16-29(18-34-29)27(26(22)33-5)28(4)23(36-28)14-9-19(2)3/h9,20-23,26-27H,6-8,10-18H2,1-5H3,(H,30,31)/t20?,21?,22?,23-,26?,27?,28+,29+/m1/s1. The highest BCUT2D eigenvalue weighted by molar-refractivity contribution is 5.76. The molecular weight excluding hydrogens is 458 g/mol. The molecule has 4 aliphatic rings. The quantitative estimate of drug-likeness (QED) is 0.245. The molecule has 3 unspecified atom stereocenters. The molecule has 4 rings (SSSR count). The second-order valence-electron chi connectivity index (χ2n) is 12.0. The van der Waals surface area contributed by atoms with Crippen molar-refractivity contribution in [2.24, 2.45) is 11.8 Å². The number of nitrogens with one attached hydrogen (secondary N) is 1.